The molecule has 1 saturated carbocycles. The number of carbonyl (C=O) groups is 1. The van der Waals surface area contributed by atoms with E-state index < -0.39 is 12.3 Å². The molecule has 1 spiro atoms. The molecule has 2 aromatic carbocycles. The van der Waals surface area contributed by atoms with Crippen molar-refractivity contribution >= 4 is 5.91 Å². The van der Waals surface area contributed by atoms with Crippen LogP contribution in [0.3, 0.4) is 0 Å². The van der Waals surface area contributed by atoms with Crippen LogP contribution in [0.15, 0.2) is 60.8 Å². The lowest BCUT2D eigenvalue weighted by Gasteiger charge is -2.41. The minimum absolute atomic E-state index is 0.0773. The van der Waals surface area contributed by atoms with Gasteiger partial charge >= 0.3 is 0 Å². The van der Waals surface area contributed by atoms with E-state index in [1.165, 1.54) is 24.5 Å². The SMILES string of the molecule is CCc1ccc2c(c1)[C@@H](NC[C@@H](O)[C@@H](NCc1ccccc1)NC(=O)/C=C/N1CCOC1)CC1(CCCC1)O2. The maximum absolute atomic E-state index is 12.8. The van der Waals surface area contributed by atoms with Gasteiger partial charge in [-0.3, -0.25) is 10.1 Å². The van der Waals surface area contributed by atoms with E-state index in [9.17, 15) is 9.90 Å². The van der Waals surface area contributed by atoms with Crippen molar-refractivity contribution in [1.29, 1.82) is 0 Å². The molecule has 39 heavy (non-hydrogen) atoms. The summed E-state index contributed by atoms with van der Waals surface area (Å²) in [5.41, 5.74) is 3.38. The van der Waals surface area contributed by atoms with Crippen LogP contribution < -0.4 is 20.7 Å². The fourth-order valence-electron chi connectivity index (χ4n) is 5.86. The normalized spacial score (nSPS) is 21.6. The van der Waals surface area contributed by atoms with Gasteiger partial charge in [0.25, 0.3) is 0 Å². The molecule has 4 N–H and O–H groups in total. The molecule has 2 heterocycles. The molecule has 2 fully saturated rings. The lowest BCUT2D eigenvalue weighted by atomic mass is 9.85. The third-order valence-corrected chi connectivity index (χ3v) is 8.12. The van der Waals surface area contributed by atoms with Crippen molar-refractivity contribution in [2.75, 3.05) is 26.4 Å². The molecular formula is C31H42N4O4. The quantitative estimate of drug-likeness (QED) is 0.259. The van der Waals surface area contributed by atoms with Gasteiger partial charge in [0.05, 0.1) is 12.7 Å². The predicted octanol–water partition coefficient (Wildman–Crippen LogP) is 3.37. The molecule has 1 amide bonds. The molecule has 0 unspecified atom stereocenters. The van der Waals surface area contributed by atoms with Crippen LogP contribution in [0.2, 0.25) is 0 Å². The summed E-state index contributed by atoms with van der Waals surface area (Å²) < 4.78 is 11.9. The van der Waals surface area contributed by atoms with Crippen molar-refractivity contribution in [1.82, 2.24) is 20.9 Å². The van der Waals surface area contributed by atoms with E-state index in [1.54, 1.807) is 6.20 Å². The van der Waals surface area contributed by atoms with Crippen molar-refractivity contribution in [3.05, 3.63) is 77.5 Å². The first-order valence-electron chi connectivity index (χ1n) is 14.3. The number of nitrogens with one attached hydrogen (secondary N) is 3. The van der Waals surface area contributed by atoms with Gasteiger partial charge in [0, 0.05) is 49.9 Å². The van der Waals surface area contributed by atoms with Crippen molar-refractivity contribution in [3.8, 4) is 5.75 Å². The first-order chi connectivity index (χ1) is 19.0. The Hall–Kier alpha value is -2.91. The summed E-state index contributed by atoms with van der Waals surface area (Å²) in [6.45, 7) is 4.92. The van der Waals surface area contributed by atoms with Crippen molar-refractivity contribution in [3.63, 3.8) is 0 Å². The molecule has 8 nitrogen and oxygen atoms in total. The number of carbonyl (C=O) groups excluding carboxylic acids is 1. The zero-order chi connectivity index (χ0) is 27.1. The van der Waals surface area contributed by atoms with Crippen LogP contribution in [0.25, 0.3) is 0 Å². The Morgan fingerprint density at radius 3 is 2.74 bits per heavy atom. The number of amides is 1. The number of hydrogen-bond donors (Lipinski definition) is 4. The van der Waals surface area contributed by atoms with E-state index in [0.717, 1.165) is 49.1 Å². The largest absolute Gasteiger partial charge is 0.487 e. The number of aliphatic hydroxyl groups excluding tert-OH is 1. The number of aliphatic hydroxyl groups is 1. The smallest absolute Gasteiger partial charge is 0.246 e. The minimum atomic E-state index is -0.846. The van der Waals surface area contributed by atoms with Crippen LogP contribution in [0.4, 0.5) is 0 Å². The second kappa shape index (κ2) is 13.0. The Bertz CT molecular complexity index is 1110. The third-order valence-electron chi connectivity index (χ3n) is 8.12. The monoisotopic (exact) mass is 534 g/mol. The van der Waals surface area contributed by atoms with Crippen molar-refractivity contribution in [2.45, 2.75) is 75.9 Å². The topological polar surface area (TPSA) is 95.1 Å². The van der Waals surface area contributed by atoms with Gasteiger partial charge in [-0.1, -0.05) is 49.4 Å². The van der Waals surface area contributed by atoms with Crippen LogP contribution >= 0.6 is 0 Å². The number of aryl methyl sites for hydroxylation is 1. The minimum Gasteiger partial charge on any atom is -0.487 e. The number of benzene rings is 2. The number of fused-ring (bicyclic) bond motifs is 1. The summed E-state index contributed by atoms with van der Waals surface area (Å²) in [6.07, 6.45) is 8.11. The molecule has 2 aliphatic heterocycles. The number of nitrogens with zero attached hydrogens (tertiary/aromatic N) is 1. The zero-order valence-electron chi connectivity index (χ0n) is 22.9. The van der Waals surface area contributed by atoms with Gasteiger partial charge in [0.15, 0.2) is 0 Å². The van der Waals surface area contributed by atoms with Crippen LogP contribution in [0.1, 0.15) is 61.8 Å². The van der Waals surface area contributed by atoms with Gasteiger partial charge < -0.3 is 30.1 Å². The highest BCUT2D eigenvalue weighted by Crippen LogP contribution is 2.47. The van der Waals surface area contributed by atoms with E-state index in [0.29, 0.717) is 26.4 Å². The molecule has 5 rings (SSSR count). The Morgan fingerprint density at radius 2 is 2.00 bits per heavy atom. The number of hydrogen-bond acceptors (Lipinski definition) is 7. The summed E-state index contributed by atoms with van der Waals surface area (Å²) in [6, 6.07) is 16.6. The molecule has 1 saturated heterocycles. The summed E-state index contributed by atoms with van der Waals surface area (Å²) in [5.74, 6) is 0.691. The molecule has 0 bridgehead atoms. The standard InChI is InChI=1S/C31H42N4O4/c1-2-23-10-11-28-25(18-23)26(19-31(39-28)13-6-7-14-31)32-21-27(36)30(33-20-24-8-4-3-5-9-24)34-29(37)12-15-35-16-17-38-22-35/h3-5,8-12,15,18,26-27,30,32-33,36H,2,6-7,13-14,16-17,19-22H2,1H3,(H,34,37)/b15-12+/t26-,27+,30-/m0/s1. The third kappa shape index (κ3) is 7.19. The van der Waals surface area contributed by atoms with E-state index in [2.05, 4.69) is 41.1 Å². The highest BCUT2D eigenvalue weighted by Gasteiger charge is 2.43. The summed E-state index contributed by atoms with van der Waals surface area (Å²) in [4.78, 5) is 14.7. The fourth-order valence-corrected chi connectivity index (χ4v) is 5.86. The maximum atomic E-state index is 12.8. The van der Waals surface area contributed by atoms with Crippen molar-refractivity contribution in [2.24, 2.45) is 0 Å². The van der Waals surface area contributed by atoms with Crippen LogP contribution in [0, 0.1) is 0 Å². The molecule has 0 radical (unpaired) electrons. The first kappa shape index (κ1) is 27.6. The second-order valence-electron chi connectivity index (χ2n) is 11.0. The van der Waals surface area contributed by atoms with E-state index >= 15 is 0 Å². The Kier molecular flexibility index (Phi) is 9.19. The highest BCUT2D eigenvalue weighted by molar-refractivity contribution is 5.87. The molecule has 2 aromatic rings. The summed E-state index contributed by atoms with van der Waals surface area (Å²) in [7, 11) is 0. The number of ether oxygens (including phenoxy) is 2. The van der Waals surface area contributed by atoms with Gasteiger partial charge in [-0.05, 0) is 49.3 Å². The van der Waals surface area contributed by atoms with E-state index in [4.69, 9.17) is 9.47 Å². The molecular weight excluding hydrogens is 492 g/mol. The second-order valence-corrected chi connectivity index (χ2v) is 11.0. The zero-order valence-corrected chi connectivity index (χ0v) is 22.9. The Labute approximate surface area is 231 Å². The molecule has 210 valence electrons. The van der Waals surface area contributed by atoms with Gasteiger partial charge in [0.1, 0.15) is 24.2 Å². The molecule has 3 atom stereocenters. The average Bonchev–Trinajstić information content (AvgIpc) is 3.65. The Balaban J connectivity index is 1.27. The van der Waals surface area contributed by atoms with Gasteiger partial charge in [-0.15, -0.1) is 0 Å². The van der Waals surface area contributed by atoms with E-state index in [1.807, 2.05) is 35.2 Å². The maximum Gasteiger partial charge on any atom is 0.246 e. The Morgan fingerprint density at radius 1 is 1.18 bits per heavy atom. The highest BCUT2D eigenvalue weighted by atomic mass is 16.5. The van der Waals surface area contributed by atoms with E-state index in [-0.39, 0.29) is 17.6 Å². The lowest BCUT2D eigenvalue weighted by Crippen LogP contribution is -2.55. The summed E-state index contributed by atoms with van der Waals surface area (Å²) in [5, 5.41) is 21.3. The lowest BCUT2D eigenvalue weighted by molar-refractivity contribution is -0.118. The molecule has 0 aromatic heterocycles. The molecule has 3 aliphatic rings. The fraction of sp³-hybridized carbons (Fsp3) is 0.516. The van der Waals surface area contributed by atoms with Crippen LogP contribution in [0.5, 0.6) is 5.75 Å². The van der Waals surface area contributed by atoms with Gasteiger partial charge in [0.2, 0.25) is 5.91 Å². The molecule has 8 heteroatoms. The molecule has 1 aliphatic carbocycles. The van der Waals surface area contributed by atoms with Gasteiger partial charge in [-0.2, -0.15) is 0 Å². The number of rotatable bonds is 11. The summed E-state index contributed by atoms with van der Waals surface area (Å²) >= 11 is 0. The van der Waals surface area contributed by atoms with Crippen LogP contribution in [-0.2, 0) is 22.5 Å². The predicted molar refractivity (Wildman–Crippen MR) is 151 cm³/mol. The first-order valence-corrected chi connectivity index (χ1v) is 14.3. The van der Waals surface area contributed by atoms with Crippen molar-refractivity contribution < 1.29 is 19.4 Å². The van der Waals surface area contributed by atoms with Gasteiger partial charge in [-0.25, -0.2) is 0 Å². The average molecular weight is 535 g/mol. The van der Waals surface area contributed by atoms with Crippen LogP contribution in [-0.4, -0.2) is 60.2 Å².